The predicted molar refractivity (Wildman–Crippen MR) is 105 cm³/mol. The summed E-state index contributed by atoms with van der Waals surface area (Å²) in [5, 5.41) is 0. The molecule has 0 bridgehead atoms. The van der Waals surface area contributed by atoms with Gasteiger partial charge in [0, 0.05) is 38.8 Å². The van der Waals surface area contributed by atoms with Crippen molar-refractivity contribution in [2.75, 3.05) is 37.6 Å². The molecule has 6 heteroatoms. The number of anilines is 1. The van der Waals surface area contributed by atoms with Gasteiger partial charge in [0.1, 0.15) is 17.7 Å². The van der Waals surface area contributed by atoms with Crippen LogP contribution in [-0.2, 0) is 9.53 Å². The zero-order valence-electron chi connectivity index (χ0n) is 16.1. The normalized spacial score (nSPS) is 16.0. The van der Waals surface area contributed by atoms with Crippen LogP contribution < -0.4 is 4.90 Å². The van der Waals surface area contributed by atoms with Crippen molar-refractivity contribution in [2.45, 2.75) is 25.9 Å². The van der Waals surface area contributed by atoms with E-state index in [-0.39, 0.29) is 23.7 Å². The minimum Gasteiger partial charge on any atom is -0.458 e. The fraction of sp³-hybridized carbons (Fsp3) is 0.409. The summed E-state index contributed by atoms with van der Waals surface area (Å²) >= 11 is 0. The summed E-state index contributed by atoms with van der Waals surface area (Å²) in [5.74, 6) is -0.850. The number of benzene rings is 2. The van der Waals surface area contributed by atoms with Crippen molar-refractivity contribution in [1.29, 1.82) is 0 Å². The molecule has 2 aromatic carbocycles. The number of piperazine rings is 1. The maximum absolute atomic E-state index is 13.1. The van der Waals surface area contributed by atoms with E-state index in [0.29, 0.717) is 6.42 Å². The SMILES string of the molecule is CC(=O)O[C@H](CCCN1CCN(c2ccc(F)cc2)CC1)c1ccc(F)cc1. The monoisotopic (exact) mass is 388 g/mol. The number of carbonyl (C=O) groups is 1. The third kappa shape index (κ3) is 5.76. The molecule has 0 saturated carbocycles. The van der Waals surface area contributed by atoms with Gasteiger partial charge in [0.15, 0.2) is 0 Å². The van der Waals surface area contributed by atoms with Gasteiger partial charge in [0.2, 0.25) is 0 Å². The molecule has 0 N–H and O–H groups in total. The second kappa shape index (κ2) is 9.64. The Hall–Kier alpha value is -2.47. The van der Waals surface area contributed by atoms with Gasteiger partial charge in [-0.3, -0.25) is 9.69 Å². The van der Waals surface area contributed by atoms with E-state index in [9.17, 15) is 13.6 Å². The van der Waals surface area contributed by atoms with E-state index >= 15 is 0 Å². The molecule has 0 radical (unpaired) electrons. The minimum absolute atomic E-state index is 0.217. The third-order valence-corrected chi connectivity index (χ3v) is 5.05. The van der Waals surface area contributed by atoms with Crippen LogP contribution in [0.5, 0.6) is 0 Å². The third-order valence-electron chi connectivity index (χ3n) is 5.05. The van der Waals surface area contributed by atoms with E-state index in [2.05, 4.69) is 9.80 Å². The van der Waals surface area contributed by atoms with Crippen LogP contribution in [0.1, 0.15) is 31.4 Å². The molecule has 0 amide bonds. The Morgan fingerprint density at radius 3 is 2.11 bits per heavy atom. The summed E-state index contributed by atoms with van der Waals surface area (Å²) in [6.45, 7) is 5.98. The van der Waals surface area contributed by atoms with E-state index in [1.54, 1.807) is 12.1 Å². The molecule has 4 nitrogen and oxygen atoms in total. The molecule has 150 valence electrons. The lowest BCUT2D eigenvalue weighted by atomic mass is 10.0. The largest absolute Gasteiger partial charge is 0.458 e. The molecular weight excluding hydrogens is 362 g/mol. The van der Waals surface area contributed by atoms with Crippen molar-refractivity contribution < 1.29 is 18.3 Å². The zero-order valence-corrected chi connectivity index (χ0v) is 16.1. The fourth-order valence-electron chi connectivity index (χ4n) is 3.55. The number of nitrogens with zero attached hydrogens (tertiary/aromatic N) is 2. The van der Waals surface area contributed by atoms with E-state index in [4.69, 9.17) is 4.74 Å². The summed E-state index contributed by atoms with van der Waals surface area (Å²) in [6.07, 6.45) is 1.23. The number of rotatable bonds is 7. The van der Waals surface area contributed by atoms with E-state index < -0.39 is 0 Å². The highest BCUT2D eigenvalue weighted by atomic mass is 19.1. The summed E-state index contributed by atoms with van der Waals surface area (Å²) in [6, 6.07) is 12.7. The van der Waals surface area contributed by atoms with Crippen LogP contribution in [-0.4, -0.2) is 43.6 Å². The first-order chi connectivity index (χ1) is 13.5. The van der Waals surface area contributed by atoms with Gasteiger partial charge >= 0.3 is 5.97 Å². The fourth-order valence-corrected chi connectivity index (χ4v) is 3.55. The Morgan fingerprint density at radius 2 is 1.54 bits per heavy atom. The molecule has 2 aromatic rings. The first-order valence-corrected chi connectivity index (χ1v) is 9.67. The number of esters is 1. The van der Waals surface area contributed by atoms with Gasteiger partial charge in [-0.1, -0.05) is 12.1 Å². The Morgan fingerprint density at radius 1 is 0.964 bits per heavy atom. The van der Waals surface area contributed by atoms with Crippen molar-refractivity contribution in [3.8, 4) is 0 Å². The lowest BCUT2D eigenvalue weighted by Gasteiger charge is -2.36. The van der Waals surface area contributed by atoms with Crippen molar-refractivity contribution in [1.82, 2.24) is 4.90 Å². The van der Waals surface area contributed by atoms with Gasteiger partial charge in [-0.25, -0.2) is 8.78 Å². The van der Waals surface area contributed by atoms with Crippen molar-refractivity contribution in [3.63, 3.8) is 0 Å². The van der Waals surface area contributed by atoms with E-state index in [1.165, 1.54) is 31.2 Å². The predicted octanol–water partition coefficient (Wildman–Crippen LogP) is 4.17. The van der Waals surface area contributed by atoms with Gasteiger partial charge in [-0.15, -0.1) is 0 Å². The van der Waals surface area contributed by atoms with Crippen molar-refractivity contribution in [2.24, 2.45) is 0 Å². The first kappa shape index (κ1) is 20.3. The second-order valence-electron chi connectivity index (χ2n) is 7.10. The Bertz CT molecular complexity index is 757. The maximum atomic E-state index is 13.1. The summed E-state index contributed by atoms with van der Waals surface area (Å²) in [7, 11) is 0. The molecule has 1 heterocycles. The number of hydrogen-bond acceptors (Lipinski definition) is 4. The summed E-state index contributed by atoms with van der Waals surface area (Å²) in [4.78, 5) is 16.1. The molecule has 1 aliphatic heterocycles. The standard InChI is InChI=1S/C22H26F2N2O2/c1-17(27)28-22(18-4-6-19(23)7-5-18)3-2-12-25-13-15-26(16-14-25)21-10-8-20(24)9-11-21/h4-11,22H,2-3,12-16H2,1H3/t22-/m1/s1. The highest BCUT2D eigenvalue weighted by Gasteiger charge is 2.19. The maximum Gasteiger partial charge on any atom is 0.303 e. The number of carbonyl (C=O) groups excluding carboxylic acids is 1. The van der Waals surface area contributed by atoms with Crippen LogP contribution >= 0.6 is 0 Å². The highest BCUT2D eigenvalue weighted by Crippen LogP contribution is 2.24. The highest BCUT2D eigenvalue weighted by molar-refractivity contribution is 5.66. The topological polar surface area (TPSA) is 32.8 Å². The van der Waals surface area contributed by atoms with Gasteiger partial charge in [-0.05, 0) is 61.3 Å². The zero-order chi connectivity index (χ0) is 19.9. The van der Waals surface area contributed by atoms with Crippen LogP contribution in [0.25, 0.3) is 0 Å². The molecule has 0 unspecified atom stereocenters. The van der Waals surface area contributed by atoms with Crippen molar-refractivity contribution in [3.05, 3.63) is 65.7 Å². The number of hydrogen-bond donors (Lipinski definition) is 0. The van der Waals surface area contributed by atoms with Gasteiger partial charge < -0.3 is 9.64 Å². The average molecular weight is 388 g/mol. The quantitative estimate of drug-likeness (QED) is 0.667. The number of ether oxygens (including phenoxy) is 1. The lowest BCUT2D eigenvalue weighted by molar-refractivity contribution is -0.147. The van der Waals surface area contributed by atoms with E-state index in [1.807, 2.05) is 12.1 Å². The van der Waals surface area contributed by atoms with Crippen LogP contribution in [0.4, 0.5) is 14.5 Å². The molecule has 1 atom stereocenters. The molecule has 0 aliphatic carbocycles. The van der Waals surface area contributed by atoms with E-state index in [0.717, 1.165) is 50.4 Å². The molecule has 1 fully saturated rings. The molecule has 1 aliphatic rings. The second-order valence-corrected chi connectivity index (χ2v) is 7.10. The number of halogens is 2. The van der Waals surface area contributed by atoms with Crippen LogP contribution in [0.3, 0.4) is 0 Å². The van der Waals surface area contributed by atoms with Gasteiger partial charge in [0.25, 0.3) is 0 Å². The molecule has 28 heavy (non-hydrogen) atoms. The smallest absolute Gasteiger partial charge is 0.303 e. The van der Waals surface area contributed by atoms with Crippen molar-refractivity contribution >= 4 is 11.7 Å². The lowest BCUT2D eigenvalue weighted by Crippen LogP contribution is -2.46. The summed E-state index contributed by atoms with van der Waals surface area (Å²) in [5.41, 5.74) is 1.87. The minimum atomic E-state index is -0.349. The Labute approximate surface area is 164 Å². The molecular formula is C22H26F2N2O2. The molecule has 0 spiro atoms. The van der Waals surface area contributed by atoms with Crippen LogP contribution in [0, 0.1) is 11.6 Å². The summed E-state index contributed by atoms with van der Waals surface area (Å²) < 4.78 is 31.6. The molecule has 0 aromatic heterocycles. The van der Waals surface area contributed by atoms with Gasteiger partial charge in [0.05, 0.1) is 0 Å². The average Bonchev–Trinajstić information content (AvgIpc) is 2.69. The van der Waals surface area contributed by atoms with Gasteiger partial charge in [-0.2, -0.15) is 0 Å². The Balaban J connectivity index is 1.46. The molecule has 3 rings (SSSR count). The van der Waals surface area contributed by atoms with Crippen LogP contribution in [0.2, 0.25) is 0 Å². The van der Waals surface area contributed by atoms with Crippen LogP contribution in [0.15, 0.2) is 48.5 Å². The molecule has 1 saturated heterocycles. The Kier molecular flexibility index (Phi) is 6.98. The first-order valence-electron chi connectivity index (χ1n) is 9.67.